The fraction of sp³-hybridized carbons (Fsp3) is 0.154. The lowest BCUT2D eigenvalue weighted by Gasteiger charge is -2.08. The van der Waals surface area contributed by atoms with E-state index in [4.69, 9.17) is 4.74 Å². The Hall–Kier alpha value is -2.54. The molecule has 0 aliphatic heterocycles. The van der Waals surface area contributed by atoms with Crippen molar-refractivity contribution in [2.45, 2.75) is 13.0 Å². The zero-order valence-electron chi connectivity index (χ0n) is 10.5. The second-order valence-corrected chi connectivity index (χ2v) is 4.07. The fourth-order valence-electron chi connectivity index (χ4n) is 1.57. The second-order valence-electron chi connectivity index (χ2n) is 4.07. The number of aliphatic hydroxyl groups is 1. The zero-order valence-corrected chi connectivity index (χ0v) is 10.5. The average Bonchev–Trinajstić information content (AvgIpc) is 2.41. The lowest BCUT2D eigenvalue weighted by atomic mass is 10.2. The summed E-state index contributed by atoms with van der Waals surface area (Å²) in [5.41, 5.74) is 0.0639. The van der Waals surface area contributed by atoms with Crippen molar-refractivity contribution in [3.8, 4) is 11.6 Å². The molecule has 0 unspecified atom stereocenters. The number of ether oxygens (including phenoxy) is 1. The maximum atomic E-state index is 13.0. The van der Waals surface area contributed by atoms with Crippen LogP contribution in [-0.4, -0.2) is 15.0 Å². The molecule has 0 aliphatic carbocycles. The van der Waals surface area contributed by atoms with Crippen LogP contribution in [0, 0.1) is 15.9 Å². The van der Waals surface area contributed by atoms with E-state index in [2.05, 4.69) is 4.98 Å². The third kappa shape index (κ3) is 3.07. The van der Waals surface area contributed by atoms with Crippen LogP contribution in [0.4, 0.5) is 10.1 Å². The molecule has 1 atom stereocenters. The lowest BCUT2D eigenvalue weighted by Crippen LogP contribution is -1.97. The molecular weight excluding hydrogens is 267 g/mol. The summed E-state index contributed by atoms with van der Waals surface area (Å²) in [7, 11) is 0. The highest BCUT2D eigenvalue weighted by Gasteiger charge is 2.17. The first-order valence-electron chi connectivity index (χ1n) is 5.73. The van der Waals surface area contributed by atoms with E-state index in [9.17, 15) is 19.6 Å². The highest BCUT2D eigenvalue weighted by Crippen LogP contribution is 2.31. The number of hydrogen-bond acceptors (Lipinski definition) is 5. The van der Waals surface area contributed by atoms with Crippen molar-refractivity contribution in [2.24, 2.45) is 0 Å². The molecule has 1 aromatic heterocycles. The minimum atomic E-state index is -0.739. The molecule has 20 heavy (non-hydrogen) atoms. The van der Waals surface area contributed by atoms with E-state index < -0.39 is 22.5 Å². The third-order valence-corrected chi connectivity index (χ3v) is 2.57. The predicted octanol–water partition coefficient (Wildman–Crippen LogP) is 2.97. The molecule has 0 saturated carbocycles. The first-order valence-corrected chi connectivity index (χ1v) is 5.73. The molecule has 1 heterocycles. The van der Waals surface area contributed by atoms with Crippen LogP contribution in [-0.2, 0) is 0 Å². The van der Waals surface area contributed by atoms with Gasteiger partial charge in [0.15, 0.2) is 0 Å². The highest BCUT2D eigenvalue weighted by atomic mass is 19.1. The number of nitrogens with zero attached hydrogens (tertiary/aromatic N) is 2. The number of nitro groups is 1. The van der Waals surface area contributed by atoms with Crippen molar-refractivity contribution in [1.82, 2.24) is 4.98 Å². The van der Waals surface area contributed by atoms with Crippen LogP contribution in [0.15, 0.2) is 36.5 Å². The summed E-state index contributed by atoms with van der Waals surface area (Å²) < 4.78 is 18.3. The Balaban J connectivity index is 2.35. The Bertz CT molecular complexity index is 646. The van der Waals surface area contributed by atoms with Gasteiger partial charge < -0.3 is 9.84 Å². The smallest absolute Gasteiger partial charge is 0.314 e. The predicted molar refractivity (Wildman–Crippen MR) is 68.0 cm³/mol. The van der Waals surface area contributed by atoms with Crippen molar-refractivity contribution in [1.29, 1.82) is 0 Å². The van der Waals surface area contributed by atoms with Gasteiger partial charge in [0.25, 0.3) is 0 Å². The quantitative estimate of drug-likeness (QED) is 0.686. The lowest BCUT2D eigenvalue weighted by molar-refractivity contribution is -0.385. The SMILES string of the molecule is C[C@H](O)c1ccnc(Oc2ccc(F)cc2[N+](=O)[O-])c1. The normalized spacial score (nSPS) is 11.9. The van der Waals surface area contributed by atoms with Gasteiger partial charge in [0, 0.05) is 12.3 Å². The van der Waals surface area contributed by atoms with E-state index in [0.717, 1.165) is 18.2 Å². The molecular formula is C13H11FN2O4. The first-order chi connectivity index (χ1) is 9.47. The Labute approximate surface area is 113 Å². The number of benzene rings is 1. The van der Waals surface area contributed by atoms with Gasteiger partial charge in [-0.15, -0.1) is 0 Å². The van der Waals surface area contributed by atoms with Gasteiger partial charge in [-0.25, -0.2) is 9.37 Å². The van der Waals surface area contributed by atoms with Gasteiger partial charge >= 0.3 is 5.69 Å². The summed E-state index contributed by atoms with van der Waals surface area (Å²) in [5.74, 6) is -0.764. The molecule has 7 heteroatoms. The zero-order chi connectivity index (χ0) is 14.7. The van der Waals surface area contributed by atoms with Crippen molar-refractivity contribution < 1.29 is 19.2 Å². The third-order valence-electron chi connectivity index (χ3n) is 2.57. The number of halogens is 1. The number of aliphatic hydroxyl groups excluding tert-OH is 1. The molecule has 6 nitrogen and oxygen atoms in total. The van der Waals surface area contributed by atoms with Crippen molar-refractivity contribution in [2.75, 3.05) is 0 Å². The van der Waals surface area contributed by atoms with E-state index in [0.29, 0.717) is 5.56 Å². The molecule has 0 bridgehead atoms. The van der Waals surface area contributed by atoms with Gasteiger partial charge in [-0.1, -0.05) is 0 Å². The molecule has 0 aliphatic rings. The van der Waals surface area contributed by atoms with E-state index in [1.165, 1.54) is 12.3 Å². The van der Waals surface area contributed by atoms with Crippen molar-refractivity contribution in [3.63, 3.8) is 0 Å². The Morgan fingerprint density at radius 1 is 1.40 bits per heavy atom. The number of hydrogen-bond donors (Lipinski definition) is 1. The molecule has 1 N–H and O–H groups in total. The molecule has 2 aromatic rings. The maximum Gasteiger partial charge on any atom is 0.314 e. The van der Waals surface area contributed by atoms with E-state index in [1.54, 1.807) is 13.0 Å². The van der Waals surface area contributed by atoms with Crippen LogP contribution in [0.5, 0.6) is 11.6 Å². The van der Waals surface area contributed by atoms with Gasteiger partial charge in [-0.05, 0) is 30.7 Å². The van der Waals surface area contributed by atoms with Gasteiger partial charge in [-0.3, -0.25) is 10.1 Å². The van der Waals surface area contributed by atoms with Crippen LogP contribution in [0.3, 0.4) is 0 Å². The van der Waals surface area contributed by atoms with Crippen LogP contribution < -0.4 is 4.74 Å². The highest BCUT2D eigenvalue weighted by molar-refractivity contribution is 5.48. The molecule has 1 aromatic carbocycles. The molecule has 104 valence electrons. The average molecular weight is 278 g/mol. The minimum Gasteiger partial charge on any atom is -0.432 e. The van der Waals surface area contributed by atoms with Crippen LogP contribution in [0.1, 0.15) is 18.6 Å². The number of aromatic nitrogens is 1. The van der Waals surface area contributed by atoms with Crippen molar-refractivity contribution in [3.05, 3.63) is 58.0 Å². The maximum absolute atomic E-state index is 13.0. The molecule has 0 fully saturated rings. The monoisotopic (exact) mass is 278 g/mol. The molecule has 0 saturated heterocycles. The molecule has 0 amide bonds. The van der Waals surface area contributed by atoms with Gasteiger partial charge in [0.2, 0.25) is 11.6 Å². The van der Waals surface area contributed by atoms with Crippen molar-refractivity contribution >= 4 is 5.69 Å². The molecule has 0 radical (unpaired) electrons. The molecule has 0 spiro atoms. The summed E-state index contributed by atoms with van der Waals surface area (Å²) in [6.45, 7) is 1.57. The summed E-state index contributed by atoms with van der Waals surface area (Å²) >= 11 is 0. The minimum absolute atomic E-state index is 0.0816. The van der Waals surface area contributed by atoms with Crippen LogP contribution >= 0.6 is 0 Å². The largest absolute Gasteiger partial charge is 0.432 e. The van der Waals surface area contributed by atoms with Gasteiger partial charge in [0.1, 0.15) is 5.82 Å². The van der Waals surface area contributed by atoms with E-state index in [-0.39, 0.29) is 11.6 Å². The van der Waals surface area contributed by atoms with Crippen LogP contribution in [0.2, 0.25) is 0 Å². The van der Waals surface area contributed by atoms with Crippen LogP contribution in [0.25, 0.3) is 0 Å². The Morgan fingerprint density at radius 3 is 2.80 bits per heavy atom. The summed E-state index contributed by atoms with van der Waals surface area (Å²) in [5, 5.41) is 20.3. The summed E-state index contributed by atoms with van der Waals surface area (Å²) in [6, 6.07) is 6.03. The first kappa shape index (κ1) is 13.9. The number of pyridine rings is 1. The van der Waals surface area contributed by atoms with Gasteiger partial charge in [0.05, 0.1) is 17.1 Å². The number of rotatable bonds is 4. The standard InChI is InChI=1S/C13H11FN2O4/c1-8(17)9-4-5-15-13(6-9)20-12-3-2-10(14)7-11(12)16(18)19/h2-8,17H,1H3/t8-/m0/s1. The Kier molecular flexibility index (Phi) is 3.90. The van der Waals surface area contributed by atoms with Gasteiger partial charge in [-0.2, -0.15) is 0 Å². The summed E-state index contributed by atoms with van der Waals surface area (Å²) in [4.78, 5) is 14.0. The fourth-order valence-corrected chi connectivity index (χ4v) is 1.57. The van der Waals surface area contributed by atoms with E-state index in [1.807, 2.05) is 0 Å². The topological polar surface area (TPSA) is 85.5 Å². The molecule has 2 rings (SSSR count). The summed E-state index contributed by atoms with van der Waals surface area (Å²) in [6.07, 6.45) is 0.691. The Morgan fingerprint density at radius 2 is 2.15 bits per heavy atom. The van der Waals surface area contributed by atoms with E-state index >= 15 is 0 Å². The number of nitro benzene ring substituents is 1. The second kappa shape index (κ2) is 5.62.